The fraction of sp³-hybridized carbons (Fsp3) is 0.143. The van der Waals surface area contributed by atoms with E-state index >= 15 is 0 Å². The van der Waals surface area contributed by atoms with Crippen molar-refractivity contribution in [1.82, 2.24) is 0 Å². The van der Waals surface area contributed by atoms with E-state index < -0.39 is 0 Å². The highest BCUT2D eigenvalue weighted by atomic mass is 16.1. The van der Waals surface area contributed by atoms with Crippen molar-refractivity contribution in [3.63, 3.8) is 0 Å². The lowest BCUT2D eigenvalue weighted by Crippen LogP contribution is -2.33. The van der Waals surface area contributed by atoms with Crippen LogP contribution in [0.4, 0.5) is 0 Å². The maximum absolute atomic E-state index is 12.5. The van der Waals surface area contributed by atoms with Gasteiger partial charge >= 0.3 is 0 Å². The number of benzene rings is 2. The number of hydrogen-bond donors (Lipinski definition) is 0. The molecule has 0 bridgehead atoms. The van der Waals surface area contributed by atoms with Crippen molar-refractivity contribution in [1.29, 1.82) is 0 Å². The average molecular weight is 300 g/mol. The van der Waals surface area contributed by atoms with E-state index in [9.17, 15) is 4.79 Å². The number of hydrogen-bond acceptors (Lipinski definition) is 1. The highest BCUT2D eigenvalue weighted by Gasteiger charge is 2.33. The van der Waals surface area contributed by atoms with Gasteiger partial charge in [-0.05, 0) is 24.3 Å². The normalized spacial score (nSPS) is 14.9. The van der Waals surface area contributed by atoms with Crippen molar-refractivity contribution in [3.8, 4) is 0 Å². The minimum Gasteiger partial charge on any atom is -0.289 e. The number of fused-ring (bicyclic) bond motifs is 1. The lowest BCUT2D eigenvalue weighted by atomic mass is 10.1. The van der Waals surface area contributed by atoms with Gasteiger partial charge < -0.3 is 0 Å². The molecular formula is C21H18NO+. The summed E-state index contributed by atoms with van der Waals surface area (Å²) in [6.45, 7) is 0. The summed E-state index contributed by atoms with van der Waals surface area (Å²) >= 11 is 0. The molecule has 2 nitrogen and oxygen atoms in total. The molecule has 1 saturated carbocycles. The van der Waals surface area contributed by atoms with E-state index in [1.165, 1.54) is 10.8 Å². The van der Waals surface area contributed by atoms with Crippen LogP contribution < -0.4 is 4.57 Å². The molecule has 0 spiro atoms. The van der Waals surface area contributed by atoms with E-state index in [-0.39, 0.29) is 5.78 Å². The molecule has 4 rings (SSSR count). The minimum atomic E-state index is 0.0770. The fourth-order valence-electron chi connectivity index (χ4n) is 2.90. The Morgan fingerprint density at radius 1 is 0.913 bits per heavy atom. The Morgan fingerprint density at radius 2 is 1.61 bits per heavy atom. The second kappa shape index (κ2) is 5.81. The molecule has 112 valence electrons. The second-order valence-corrected chi connectivity index (χ2v) is 6.05. The summed E-state index contributed by atoms with van der Waals surface area (Å²) in [7, 11) is 0. The summed E-state index contributed by atoms with van der Waals surface area (Å²) in [5.74, 6) is 0.571. The third-order valence-corrected chi connectivity index (χ3v) is 4.32. The molecule has 1 fully saturated rings. The number of nitrogens with zero attached hydrogens (tertiary/aromatic N) is 1. The first-order chi connectivity index (χ1) is 11.3. The number of ketones is 1. The third kappa shape index (κ3) is 2.93. The Kier molecular flexibility index (Phi) is 3.51. The molecule has 1 heterocycles. The van der Waals surface area contributed by atoms with Gasteiger partial charge in [0, 0.05) is 22.9 Å². The predicted molar refractivity (Wildman–Crippen MR) is 91.9 cm³/mol. The van der Waals surface area contributed by atoms with Crippen LogP contribution in [0, 0.1) is 5.92 Å². The summed E-state index contributed by atoms with van der Waals surface area (Å²) in [6, 6.07) is 19.9. The van der Waals surface area contributed by atoms with Gasteiger partial charge in [0.15, 0.2) is 23.9 Å². The number of carbonyl (C=O) groups excluding carboxylic acids is 1. The molecule has 0 unspecified atom stereocenters. The number of aromatic nitrogens is 1. The van der Waals surface area contributed by atoms with Gasteiger partial charge in [0.05, 0.1) is 6.08 Å². The SMILES string of the molecule is O=C(/C=C(\C1CC1)[n+]1ccc2ccccc2c1)c1ccccc1. The van der Waals surface area contributed by atoms with Gasteiger partial charge in [-0.3, -0.25) is 4.79 Å². The number of rotatable bonds is 4. The summed E-state index contributed by atoms with van der Waals surface area (Å²) in [4.78, 5) is 12.5. The van der Waals surface area contributed by atoms with E-state index in [4.69, 9.17) is 0 Å². The quantitative estimate of drug-likeness (QED) is 0.400. The second-order valence-electron chi connectivity index (χ2n) is 6.05. The molecule has 0 radical (unpaired) electrons. The monoisotopic (exact) mass is 300 g/mol. The molecule has 0 amide bonds. The zero-order valence-corrected chi connectivity index (χ0v) is 12.9. The largest absolute Gasteiger partial charge is 0.289 e. The average Bonchev–Trinajstić information content (AvgIpc) is 3.45. The number of pyridine rings is 1. The summed E-state index contributed by atoms with van der Waals surface area (Å²) < 4.78 is 2.11. The van der Waals surface area contributed by atoms with Crippen LogP contribution in [0.25, 0.3) is 16.5 Å². The minimum absolute atomic E-state index is 0.0770. The number of allylic oxidation sites excluding steroid dienone is 2. The topological polar surface area (TPSA) is 20.9 Å². The molecule has 1 aliphatic carbocycles. The molecule has 23 heavy (non-hydrogen) atoms. The van der Waals surface area contributed by atoms with E-state index in [2.05, 4.69) is 35.2 Å². The molecule has 2 aromatic carbocycles. The van der Waals surface area contributed by atoms with Gasteiger partial charge in [0.25, 0.3) is 0 Å². The van der Waals surface area contributed by atoms with Crippen LogP contribution in [0.2, 0.25) is 0 Å². The molecule has 0 saturated heterocycles. The molecular weight excluding hydrogens is 282 g/mol. The van der Waals surface area contributed by atoms with Crippen molar-refractivity contribution < 1.29 is 9.36 Å². The molecule has 0 aliphatic heterocycles. The van der Waals surface area contributed by atoms with Crippen molar-refractivity contribution in [3.05, 3.63) is 84.7 Å². The first-order valence-corrected chi connectivity index (χ1v) is 8.03. The summed E-state index contributed by atoms with van der Waals surface area (Å²) in [5.41, 5.74) is 1.84. The Labute approximate surface area is 135 Å². The van der Waals surface area contributed by atoms with Gasteiger partial charge in [-0.2, -0.15) is 4.57 Å². The van der Waals surface area contributed by atoms with Gasteiger partial charge in [0.2, 0.25) is 0 Å². The van der Waals surface area contributed by atoms with Crippen LogP contribution in [0.1, 0.15) is 23.2 Å². The molecule has 1 aliphatic rings. The lowest BCUT2D eigenvalue weighted by Gasteiger charge is -2.02. The van der Waals surface area contributed by atoms with Crippen molar-refractivity contribution in [2.45, 2.75) is 12.8 Å². The Morgan fingerprint density at radius 3 is 2.35 bits per heavy atom. The summed E-state index contributed by atoms with van der Waals surface area (Å²) in [6.07, 6.45) is 8.31. The van der Waals surface area contributed by atoms with Crippen LogP contribution in [-0.4, -0.2) is 5.78 Å². The fourth-order valence-corrected chi connectivity index (χ4v) is 2.90. The highest BCUT2D eigenvalue weighted by molar-refractivity contribution is 6.06. The van der Waals surface area contributed by atoms with Gasteiger partial charge in [0.1, 0.15) is 0 Å². The van der Waals surface area contributed by atoms with Gasteiger partial charge in [-0.15, -0.1) is 0 Å². The number of carbonyl (C=O) groups is 1. The van der Waals surface area contributed by atoms with Crippen LogP contribution in [0.5, 0.6) is 0 Å². The standard InChI is InChI=1S/C21H18NO/c23-21(18-7-2-1-3-8-18)14-20(17-10-11-17)22-13-12-16-6-4-5-9-19(16)15-22/h1-9,12-15,17H,10-11H2/q+1/b20-14+. The van der Waals surface area contributed by atoms with Crippen molar-refractivity contribution >= 4 is 22.3 Å². The van der Waals surface area contributed by atoms with E-state index in [0.29, 0.717) is 5.92 Å². The smallest absolute Gasteiger partial charge is 0.193 e. The van der Waals surface area contributed by atoms with Gasteiger partial charge in [-0.25, -0.2) is 0 Å². The Balaban J connectivity index is 1.75. The first kappa shape index (κ1) is 13.9. The molecule has 0 N–H and O–H groups in total. The van der Waals surface area contributed by atoms with Crippen molar-refractivity contribution in [2.24, 2.45) is 5.92 Å². The van der Waals surface area contributed by atoms with Crippen LogP contribution in [0.3, 0.4) is 0 Å². The third-order valence-electron chi connectivity index (χ3n) is 4.32. The summed E-state index contributed by atoms with van der Waals surface area (Å²) in [5, 5.41) is 2.40. The molecule has 0 atom stereocenters. The zero-order valence-electron chi connectivity index (χ0n) is 12.9. The lowest BCUT2D eigenvalue weighted by molar-refractivity contribution is -0.583. The maximum Gasteiger partial charge on any atom is 0.193 e. The van der Waals surface area contributed by atoms with E-state index in [0.717, 1.165) is 24.1 Å². The first-order valence-electron chi connectivity index (χ1n) is 8.03. The molecule has 3 aromatic rings. The molecule has 2 heteroatoms. The van der Waals surface area contributed by atoms with Crippen LogP contribution in [-0.2, 0) is 0 Å². The van der Waals surface area contributed by atoms with E-state index in [1.54, 1.807) is 0 Å². The van der Waals surface area contributed by atoms with Crippen LogP contribution >= 0.6 is 0 Å². The maximum atomic E-state index is 12.5. The zero-order chi connectivity index (χ0) is 15.6. The Bertz CT molecular complexity index is 892. The van der Waals surface area contributed by atoms with Crippen molar-refractivity contribution in [2.75, 3.05) is 0 Å². The van der Waals surface area contributed by atoms with Crippen LogP contribution in [0.15, 0.2) is 79.1 Å². The van der Waals surface area contributed by atoms with E-state index in [1.807, 2.05) is 48.5 Å². The van der Waals surface area contributed by atoms with Gasteiger partial charge in [-0.1, -0.05) is 48.5 Å². The highest BCUT2D eigenvalue weighted by Crippen LogP contribution is 2.36. The Hall–Kier alpha value is -2.74. The molecule has 1 aromatic heterocycles. The predicted octanol–water partition coefficient (Wildman–Crippen LogP) is 4.26.